The number of hydrogen-bond donors (Lipinski definition) is 1. The zero-order valence-electron chi connectivity index (χ0n) is 20.0. The van der Waals surface area contributed by atoms with Gasteiger partial charge in [0.1, 0.15) is 0 Å². The average Bonchev–Trinajstić information content (AvgIpc) is 2.74. The summed E-state index contributed by atoms with van der Waals surface area (Å²) in [6.45, 7) is 6.55. The van der Waals surface area contributed by atoms with E-state index in [0.717, 1.165) is 13.0 Å². The number of carbonyl (C=O) groups excluding carboxylic acids is 1. The molecule has 0 spiro atoms. The fourth-order valence-electron chi connectivity index (χ4n) is 4.02. The van der Waals surface area contributed by atoms with Crippen LogP contribution in [0.2, 0.25) is 0 Å². The van der Waals surface area contributed by atoms with Crippen molar-refractivity contribution < 1.29 is 4.79 Å². The molecule has 0 saturated carbocycles. The molecule has 29 heavy (non-hydrogen) atoms. The summed E-state index contributed by atoms with van der Waals surface area (Å²) in [6.07, 6.45) is 32.3. The Labute approximate surface area is 183 Å². The van der Waals surface area contributed by atoms with Crippen molar-refractivity contribution in [1.82, 2.24) is 5.32 Å². The Morgan fingerprint density at radius 3 is 1.10 bits per heavy atom. The van der Waals surface area contributed by atoms with Crippen LogP contribution in [-0.2, 0) is 4.79 Å². The summed E-state index contributed by atoms with van der Waals surface area (Å²) in [5.41, 5.74) is 0. The smallest absolute Gasteiger partial charge is 0.243 e. The highest BCUT2D eigenvalue weighted by Gasteiger charge is 1.96. The summed E-state index contributed by atoms with van der Waals surface area (Å²) in [5.74, 6) is -0.0477. The van der Waals surface area contributed by atoms with Crippen molar-refractivity contribution in [2.45, 2.75) is 148 Å². The van der Waals surface area contributed by atoms with Crippen LogP contribution in [0.25, 0.3) is 0 Å². The fourth-order valence-corrected chi connectivity index (χ4v) is 4.02. The van der Waals surface area contributed by atoms with Gasteiger partial charge in [0.25, 0.3) is 0 Å². The van der Waals surface area contributed by atoms with E-state index >= 15 is 0 Å². The van der Waals surface area contributed by atoms with Gasteiger partial charge in [0, 0.05) is 6.54 Å². The van der Waals surface area contributed by atoms with Gasteiger partial charge in [-0.3, -0.25) is 4.79 Å². The maximum Gasteiger partial charge on any atom is 0.243 e. The van der Waals surface area contributed by atoms with Gasteiger partial charge in [0.05, 0.1) is 0 Å². The highest BCUT2D eigenvalue weighted by molar-refractivity contribution is 5.86. The molecule has 0 rings (SSSR count). The van der Waals surface area contributed by atoms with E-state index in [0.29, 0.717) is 0 Å². The number of amides is 1. The minimum absolute atomic E-state index is 0.0477. The van der Waals surface area contributed by atoms with Gasteiger partial charge in [0.15, 0.2) is 0 Å². The van der Waals surface area contributed by atoms with E-state index in [9.17, 15) is 4.79 Å². The second-order valence-corrected chi connectivity index (χ2v) is 8.92. The van der Waals surface area contributed by atoms with E-state index in [4.69, 9.17) is 0 Å². The van der Waals surface area contributed by atoms with Crippen molar-refractivity contribution >= 4 is 5.91 Å². The minimum atomic E-state index is -0.0477. The van der Waals surface area contributed by atoms with Gasteiger partial charge < -0.3 is 5.32 Å². The lowest BCUT2D eigenvalue weighted by molar-refractivity contribution is -0.116. The molecule has 0 aliphatic heterocycles. The van der Waals surface area contributed by atoms with Crippen molar-refractivity contribution in [1.29, 1.82) is 0 Å². The van der Waals surface area contributed by atoms with Crippen LogP contribution in [0.3, 0.4) is 0 Å². The second-order valence-electron chi connectivity index (χ2n) is 8.92. The van der Waals surface area contributed by atoms with Crippen molar-refractivity contribution in [2.24, 2.45) is 0 Å². The van der Waals surface area contributed by atoms with Crippen LogP contribution in [0.15, 0.2) is 12.7 Å². The molecule has 0 fully saturated rings. The Balaban J connectivity index is 3.01. The monoisotopic (exact) mass is 407 g/mol. The molecular weight excluding hydrogens is 354 g/mol. The average molecular weight is 408 g/mol. The van der Waals surface area contributed by atoms with Crippen LogP contribution < -0.4 is 5.32 Å². The lowest BCUT2D eigenvalue weighted by atomic mass is 10.0. The summed E-state index contributed by atoms with van der Waals surface area (Å²) in [7, 11) is 0. The van der Waals surface area contributed by atoms with Crippen LogP contribution in [0.4, 0.5) is 0 Å². The van der Waals surface area contributed by atoms with Crippen LogP contribution >= 0.6 is 0 Å². The second kappa shape index (κ2) is 25.2. The molecule has 2 nitrogen and oxygen atoms in total. The van der Waals surface area contributed by atoms with Gasteiger partial charge >= 0.3 is 0 Å². The summed E-state index contributed by atoms with van der Waals surface area (Å²) in [4.78, 5) is 11.0. The zero-order valence-corrected chi connectivity index (χ0v) is 20.0. The highest BCUT2D eigenvalue weighted by Crippen LogP contribution is 2.15. The van der Waals surface area contributed by atoms with Crippen LogP contribution in [0.1, 0.15) is 148 Å². The molecule has 0 atom stereocenters. The normalized spacial score (nSPS) is 10.9. The molecule has 0 saturated heterocycles. The first-order valence-corrected chi connectivity index (χ1v) is 13.2. The predicted octanol–water partition coefficient (Wildman–Crippen LogP) is 8.89. The van der Waals surface area contributed by atoms with E-state index < -0.39 is 0 Å². The largest absolute Gasteiger partial charge is 0.353 e. The SMILES string of the molecule is C=CC(=O)NCCCCCCCCCCCCCCCCCCCCCCCC. The summed E-state index contributed by atoms with van der Waals surface area (Å²) < 4.78 is 0. The van der Waals surface area contributed by atoms with E-state index in [1.165, 1.54) is 141 Å². The van der Waals surface area contributed by atoms with Crippen molar-refractivity contribution in [3.8, 4) is 0 Å². The van der Waals surface area contributed by atoms with Gasteiger partial charge in [-0.15, -0.1) is 0 Å². The molecule has 1 N–H and O–H groups in total. The maximum absolute atomic E-state index is 11.0. The predicted molar refractivity (Wildman–Crippen MR) is 130 cm³/mol. The first-order valence-electron chi connectivity index (χ1n) is 13.2. The third-order valence-electron chi connectivity index (χ3n) is 6.01. The molecule has 2 heteroatoms. The lowest BCUT2D eigenvalue weighted by Crippen LogP contribution is -2.21. The molecule has 0 aromatic carbocycles. The van der Waals surface area contributed by atoms with Gasteiger partial charge in [-0.1, -0.05) is 148 Å². The van der Waals surface area contributed by atoms with Gasteiger partial charge in [-0.25, -0.2) is 0 Å². The van der Waals surface area contributed by atoms with Crippen LogP contribution in [0.5, 0.6) is 0 Å². The summed E-state index contributed by atoms with van der Waals surface area (Å²) >= 11 is 0. The Morgan fingerprint density at radius 1 is 0.552 bits per heavy atom. The first-order chi connectivity index (χ1) is 14.3. The van der Waals surface area contributed by atoms with Crippen LogP contribution in [0, 0.1) is 0 Å². The molecule has 172 valence electrons. The number of hydrogen-bond acceptors (Lipinski definition) is 1. The van der Waals surface area contributed by atoms with Gasteiger partial charge in [-0.2, -0.15) is 0 Å². The van der Waals surface area contributed by atoms with E-state index in [1.807, 2.05) is 0 Å². The Kier molecular flexibility index (Phi) is 24.6. The zero-order chi connectivity index (χ0) is 21.3. The molecule has 0 aromatic rings. The van der Waals surface area contributed by atoms with Crippen molar-refractivity contribution in [3.05, 3.63) is 12.7 Å². The lowest BCUT2D eigenvalue weighted by Gasteiger charge is -2.04. The molecule has 0 unspecified atom stereocenters. The van der Waals surface area contributed by atoms with E-state index in [1.54, 1.807) is 0 Å². The topological polar surface area (TPSA) is 29.1 Å². The van der Waals surface area contributed by atoms with Crippen molar-refractivity contribution in [2.75, 3.05) is 6.54 Å². The fraction of sp³-hybridized carbons (Fsp3) is 0.889. The Morgan fingerprint density at radius 2 is 0.828 bits per heavy atom. The summed E-state index contributed by atoms with van der Waals surface area (Å²) in [6, 6.07) is 0. The quantitative estimate of drug-likeness (QED) is 0.126. The standard InChI is InChI=1S/C27H53NO/c1-3-5-6-7-8-9-10-11-12-13-14-15-16-17-18-19-20-21-22-23-24-25-26-28-27(29)4-2/h4H,2-3,5-26H2,1H3,(H,28,29). The number of unbranched alkanes of at least 4 members (excludes halogenated alkanes) is 21. The Hall–Kier alpha value is -0.790. The van der Waals surface area contributed by atoms with Crippen LogP contribution in [-0.4, -0.2) is 12.5 Å². The molecule has 0 bridgehead atoms. The summed E-state index contributed by atoms with van der Waals surface area (Å²) in [5, 5.41) is 2.84. The Bertz CT molecular complexity index is 339. The minimum Gasteiger partial charge on any atom is -0.353 e. The van der Waals surface area contributed by atoms with Crippen molar-refractivity contribution in [3.63, 3.8) is 0 Å². The third-order valence-corrected chi connectivity index (χ3v) is 6.01. The van der Waals surface area contributed by atoms with Gasteiger partial charge in [0.2, 0.25) is 5.91 Å². The number of nitrogens with one attached hydrogen (secondary N) is 1. The molecular formula is C27H53NO. The maximum atomic E-state index is 11.0. The first kappa shape index (κ1) is 28.2. The van der Waals surface area contributed by atoms with E-state index in [2.05, 4.69) is 18.8 Å². The number of carbonyl (C=O) groups is 1. The third kappa shape index (κ3) is 25.2. The molecule has 0 aliphatic rings. The van der Waals surface area contributed by atoms with Gasteiger partial charge in [-0.05, 0) is 12.5 Å². The molecule has 0 heterocycles. The van der Waals surface area contributed by atoms with E-state index in [-0.39, 0.29) is 5.91 Å². The number of rotatable bonds is 24. The molecule has 0 radical (unpaired) electrons. The molecule has 0 aliphatic carbocycles. The molecule has 1 amide bonds. The molecule has 0 aromatic heterocycles. The highest BCUT2D eigenvalue weighted by atomic mass is 16.1.